The second kappa shape index (κ2) is 3.91. The van der Waals surface area contributed by atoms with Gasteiger partial charge in [-0.25, -0.2) is 0 Å². The number of fused-ring (bicyclic) bond motifs is 1. The lowest BCUT2D eigenvalue weighted by atomic mass is 9.95. The van der Waals surface area contributed by atoms with Crippen molar-refractivity contribution in [3.63, 3.8) is 0 Å². The van der Waals surface area contributed by atoms with Crippen molar-refractivity contribution < 1.29 is 4.79 Å². The lowest BCUT2D eigenvalue weighted by Gasteiger charge is -2.25. The van der Waals surface area contributed by atoms with Crippen LogP contribution in [0.5, 0.6) is 0 Å². The summed E-state index contributed by atoms with van der Waals surface area (Å²) in [5.74, 6) is 0.164. The molecule has 0 saturated heterocycles. The van der Waals surface area contributed by atoms with E-state index < -0.39 is 0 Å². The summed E-state index contributed by atoms with van der Waals surface area (Å²) >= 11 is 0. The van der Waals surface area contributed by atoms with Crippen LogP contribution in [-0.4, -0.2) is 18.0 Å². The third-order valence-corrected chi connectivity index (χ3v) is 3.32. The zero-order valence-electron chi connectivity index (χ0n) is 9.20. The number of amides is 1. The summed E-state index contributed by atoms with van der Waals surface area (Å²) < 4.78 is 0. The molecule has 3 rings (SSSR count). The van der Waals surface area contributed by atoms with Crippen molar-refractivity contribution in [3.8, 4) is 0 Å². The van der Waals surface area contributed by atoms with E-state index in [1.807, 2.05) is 12.1 Å². The van der Waals surface area contributed by atoms with E-state index >= 15 is 0 Å². The topological polar surface area (TPSA) is 41.1 Å². The van der Waals surface area contributed by atoms with Gasteiger partial charge < -0.3 is 10.6 Å². The minimum atomic E-state index is -0.0458. The molecule has 1 unspecified atom stereocenters. The third-order valence-electron chi connectivity index (χ3n) is 3.32. The summed E-state index contributed by atoms with van der Waals surface area (Å²) in [5, 5.41) is 6.35. The maximum absolute atomic E-state index is 11.9. The van der Waals surface area contributed by atoms with E-state index in [0.717, 1.165) is 25.8 Å². The molecule has 3 heteroatoms. The first-order chi connectivity index (χ1) is 7.83. The number of hydrogen-bond donors (Lipinski definition) is 2. The largest absolute Gasteiger partial charge is 0.352 e. The smallest absolute Gasteiger partial charge is 0.237 e. The van der Waals surface area contributed by atoms with Crippen LogP contribution in [-0.2, 0) is 17.8 Å². The summed E-state index contributed by atoms with van der Waals surface area (Å²) in [4.78, 5) is 11.9. The van der Waals surface area contributed by atoms with E-state index in [1.54, 1.807) is 0 Å². The highest BCUT2D eigenvalue weighted by Crippen LogP contribution is 2.20. The summed E-state index contributed by atoms with van der Waals surface area (Å²) in [6.07, 6.45) is 3.11. The first-order valence-corrected chi connectivity index (χ1v) is 5.93. The maximum Gasteiger partial charge on any atom is 0.237 e. The van der Waals surface area contributed by atoms with E-state index in [4.69, 9.17) is 0 Å². The van der Waals surface area contributed by atoms with Crippen molar-refractivity contribution >= 4 is 5.91 Å². The molecule has 1 heterocycles. The Bertz CT molecular complexity index is 412. The molecule has 84 valence electrons. The van der Waals surface area contributed by atoms with E-state index in [2.05, 4.69) is 22.8 Å². The molecule has 1 aromatic rings. The van der Waals surface area contributed by atoms with Gasteiger partial charge in [-0.2, -0.15) is 0 Å². The van der Waals surface area contributed by atoms with Gasteiger partial charge in [-0.05, 0) is 30.4 Å². The average Bonchev–Trinajstić information content (AvgIpc) is 3.12. The Morgan fingerprint density at radius 2 is 2.00 bits per heavy atom. The molecular weight excluding hydrogens is 200 g/mol. The zero-order valence-corrected chi connectivity index (χ0v) is 9.20. The molecule has 1 aliphatic carbocycles. The molecule has 3 nitrogen and oxygen atoms in total. The Balaban J connectivity index is 1.69. The quantitative estimate of drug-likeness (QED) is 0.773. The van der Waals surface area contributed by atoms with Gasteiger partial charge in [-0.3, -0.25) is 4.79 Å². The van der Waals surface area contributed by atoms with Crippen LogP contribution in [0.3, 0.4) is 0 Å². The Labute approximate surface area is 95.2 Å². The van der Waals surface area contributed by atoms with Crippen LogP contribution in [0.4, 0.5) is 0 Å². The molecule has 2 aliphatic rings. The number of nitrogens with one attached hydrogen (secondary N) is 2. The van der Waals surface area contributed by atoms with Crippen molar-refractivity contribution in [2.75, 3.05) is 0 Å². The number of carbonyl (C=O) groups is 1. The van der Waals surface area contributed by atoms with Crippen LogP contribution < -0.4 is 10.6 Å². The monoisotopic (exact) mass is 216 g/mol. The predicted molar refractivity (Wildman–Crippen MR) is 61.9 cm³/mol. The first kappa shape index (κ1) is 9.85. The highest BCUT2D eigenvalue weighted by atomic mass is 16.2. The van der Waals surface area contributed by atoms with Crippen LogP contribution in [0.15, 0.2) is 24.3 Å². The van der Waals surface area contributed by atoms with Gasteiger partial charge in [0, 0.05) is 12.6 Å². The second-order valence-electron chi connectivity index (χ2n) is 4.69. The second-order valence-corrected chi connectivity index (χ2v) is 4.69. The van der Waals surface area contributed by atoms with Crippen molar-refractivity contribution in [1.82, 2.24) is 10.6 Å². The molecule has 0 radical (unpaired) electrons. The number of benzene rings is 1. The number of carbonyl (C=O) groups excluding carboxylic acids is 1. The molecule has 1 amide bonds. The normalized spacial score (nSPS) is 23.6. The predicted octanol–water partition coefficient (Wildman–Crippen LogP) is 0.979. The van der Waals surface area contributed by atoms with Gasteiger partial charge in [0.1, 0.15) is 0 Å². The Hall–Kier alpha value is -1.35. The van der Waals surface area contributed by atoms with E-state index in [-0.39, 0.29) is 11.9 Å². The molecular formula is C13H16N2O. The average molecular weight is 216 g/mol. The highest BCUT2D eigenvalue weighted by molar-refractivity contribution is 5.83. The number of rotatable bonds is 2. The molecule has 0 aromatic heterocycles. The van der Waals surface area contributed by atoms with Gasteiger partial charge in [0.05, 0.1) is 6.04 Å². The molecule has 1 fully saturated rings. The molecule has 1 aliphatic heterocycles. The Morgan fingerprint density at radius 3 is 2.75 bits per heavy atom. The van der Waals surface area contributed by atoms with E-state index in [9.17, 15) is 4.79 Å². The standard InChI is InChI=1S/C13H16N2O/c16-13(15-11-5-6-11)12-7-9-3-1-2-4-10(9)8-14-12/h1-4,11-12,14H,5-8H2,(H,15,16). The van der Waals surface area contributed by atoms with Crippen LogP contribution in [0.25, 0.3) is 0 Å². The fraction of sp³-hybridized carbons (Fsp3) is 0.462. The van der Waals surface area contributed by atoms with Gasteiger partial charge in [0.2, 0.25) is 5.91 Å². The molecule has 1 aromatic carbocycles. The molecule has 1 saturated carbocycles. The van der Waals surface area contributed by atoms with Crippen molar-refractivity contribution in [1.29, 1.82) is 0 Å². The molecule has 0 spiro atoms. The summed E-state index contributed by atoms with van der Waals surface area (Å²) in [6, 6.07) is 8.73. The minimum Gasteiger partial charge on any atom is -0.352 e. The Kier molecular flexibility index (Phi) is 2.40. The molecule has 0 bridgehead atoms. The van der Waals surface area contributed by atoms with Crippen LogP contribution in [0.2, 0.25) is 0 Å². The van der Waals surface area contributed by atoms with Crippen molar-refractivity contribution in [2.24, 2.45) is 0 Å². The summed E-state index contributed by atoms with van der Waals surface area (Å²) in [6.45, 7) is 0.804. The fourth-order valence-corrected chi connectivity index (χ4v) is 2.17. The molecule has 1 atom stereocenters. The van der Waals surface area contributed by atoms with Gasteiger partial charge in [0.25, 0.3) is 0 Å². The van der Waals surface area contributed by atoms with E-state index in [0.29, 0.717) is 6.04 Å². The third kappa shape index (κ3) is 1.95. The number of hydrogen-bond acceptors (Lipinski definition) is 2. The van der Waals surface area contributed by atoms with Gasteiger partial charge in [-0.1, -0.05) is 24.3 Å². The van der Waals surface area contributed by atoms with Crippen molar-refractivity contribution in [2.45, 2.75) is 37.9 Å². The molecule has 2 N–H and O–H groups in total. The maximum atomic E-state index is 11.9. The lowest BCUT2D eigenvalue weighted by Crippen LogP contribution is -2.48. The lowest BCUT2D eigenvalue weighted by molar-refractivity contribution is -0.123. The minimum absolute atomic E-state index is 0.0458. The fourth-order valence-electron chi connectivity index (χ4n) is 2.17. The van der Waals surface area contributed by atoms with Crippen LogP contribution >= 0.6 is 0 Å². The first-order valence-electron chi connectivity index (χ1n) is 5.93. The van der Waals surface area contributed by atoms with Crippen molar-refractivity contribution in [3.05, 3.63) is 35.4 Å². The SMILES string of the molecule is O=C(NC1CC1)C1Cc2ccccc2CN1. The van der Waals surface area contributed by atoms with Gasteiger partial charge in [0.15, 0.2) is 0 Å². The van der Waals surface area contributed by atoms with Gasteiger partial charge >= 0.3 is 0 Å². The van der Waals surface area contributed by atoms with E-state index in [1.165, 1.54) is 11.1 Å². The van der Waals surface area contributed by atoms with Gasteiger partial charge in [-0.15, -0.1) is 0 Å². The van der Waals surface area contributed by atoms with Crippen LogP contribution in [0, 0.1) is 0 Å². The summed E-state index contributed by atoms with van der Waals surface area (Å²) in [7, 11) is 0. The molecule has 16 heavy (non-hydrogen) atoms. The Morgan fingerprint density at radius 1 is 1.25 bits per heavy atom. The highest BCUT2D eigenvalue weighted by Gasteiger charge is 2.29. The zero-order chi connectivity index (χ0) is 11.0. The van der Waals surface area contributed by atoms with Crippen LogP contribution in [0.1, 0.15) is 24.0 Å². The summed E-state index contributed by atoms with van der Waals surface area (Å²) in [5.41, 5.74) is 2.62.